The van der Waals surface area contributed by atoms with Crippen LogP contribution in [0.15, 0.2) is 22.8 Å². The summed E-state index contributed by atoms with van der Waals surface area (Å²) < 4.78 is 40.5. The average Bonchev–Trinajstić information content (AvgIpc) is 2.78. The molecule has 0 radical (unpaired) electrons. The molecule has 0 aliphatic heterocycles. The number of alkyl halides is 3. The number of urea groups is 1. The third-order valence-electron chi connectivity index (χ3n) is 2.28. The minimum atomic E-state index is -4.45. The molecule has 0 fully saturated rings. The summed E-state index contributed by atoms with van der Waals surface area (Å²) in [5, 5.41) is 13.7. The molecule has 19 heavy (non-hydrogen) atoms. The second-order valence-corrected chi connectivity index (χ2v) is 4.11. The van der Waals surface area contributed by atoms with E-state index in [1.807, 2.05) is 0 Å². The summed E-state index contributed by atoms with van der Waals surface area (Å²) in [4.78, 5) is 11.1. The van der Waals surface area contributed by atoms with Gasteiger partial charge in [0.15, 0.2) is 0 Å². The lowest BCUT2D eigenvalue weighted by Gasteiger charge is -2.17. The number of amides is 2. The number of aliphatic hydroxyl groups excluding tert-OH is 1. The number of hydrogen-bond donors (Lipinski definition) is 3. The van der Waals surface area contributed by atoms with Gasteiger partial charge in [-0.25, -0.2) is 4.79 Å². The number of carbonyl (C=O) groups is 1. The Morgan fingerprint density at radius 3 is 2.74 bits per heavy atom. The predicted molar refractivity (Wildman–Crippen MR) is 60.3 cm³/mol. The van der Waals surface area contributed by atoms with Crippen molar-refractivity contribution in [1.29, 1.82) is 0 Å². The average molecular weight is 280 g/mol. The van der Waals surface area contributed by atoms with E-state index in [4.69, 9.17) is 4.42 Å². The quantitative estimate of drug-likeness (QED) is 0.771. The number of aliphatic hydroxyl groups is 1. The number of nitrogens with one attached hydrogen (secondary N) is 2. The van der Waals surface area contributed by atoms with Crippen LogP contribution in [0.4, 0.5) is 18.0 Å². The molecule has 1 aromatic rings. The topological polar surface area (TPSA) is 74.5 Å². The van der Waals surface area contributed by atoms with Gasteiger partial charge >= 0.3 is 12.2 Å². The third-order valence-corrected chi connectivity index (χ3v) is 2.28. The van der Waals surface area contributed by atoms with Crippen molar-refractivity contribution in [2.75, 3.05) is 6.54 Å². The molecule has 3 N–H and O–H groups in total. The number of rotatable bonds is 5. The van der Waals surface area contributed by atoms with Crippen molar-refractivity contribution in [3.8, 4) is 0 Å². The van der Waals surface area contributed by atoms with Crippen LogP contribution in [0.1, 0.15) is 25.2 Å². The maximum absolute atomic E-state index is 11.9. The molecule has 0 saturated heterocycles. The lowest BCUT2D eigenvalue weighted by molar-refractivity contribution is -0.122. The Morgan fingerprint density at radius 2 is 2.21 bits per heavy atom. The summed E-state index contributed by atoms with van der Waals surface area (Å²) in [6, 6.07) is 1.73. The molecule has 108 valence electrons. The molecule has 0 spiro atoms. The van der Waals surface area contributed by atoms with Crippen molar-refractivity contribution < 1.29 is 27.5 Å². The molecule has 1 heterocycles. The van der Waals surface area contributed by atoms with Gasteiger partial charge in [-0.2, -0.15) is 13.2 Å². The van der Waals surface area contributed by atoms with Crippen LogP contribution in [-0.4, -0.2) is 29.9 Å². The van der Waals surface area contributed by atoms with E-state index >= 15 is 0 Å². The lowest BCUT2D eigenvalue weighted by Crippen LogP contribution is -2.44. The molecule has 0 aliphatic rings. The molecule has 2 unspecified atom stereocenters. The number of hydrogen-bond acceptors (Lipinski definition) is 3. The summed E-state index contributed by atoms with van der Waals surface area (Å²) >= 11 is 0. The molecule has 0 aliphatic carbocycles. The van der Waals surface area contributed by atoms with Gasteiger partial charge in [-0.15, -0.1) is 0 Å². The molecule has 1 rings (SSSR count). The number of furan rings is 1. The monoisotopic (exact) mass is 280 g/mol. The van der Waals surface area contributed by atoms with Crippen LogP contribution in [0.2, 0.25) is 0 Å². The highest BCUT2D eigenvalue weighted by Gasteiger charge is 2.28. The van der Waals surface area contributed by atoms with Gasteiger partial charge in [0.25, 0.3) is 0 Å². The molecular formula is C11H15F3N2O3. The van der Waals surface area contributed by atoms with Gasteiger partial charge in [0.1, 0.15) is 18.4 Å². The van der Waals surface area contributed by atoms with Crippen molar-refractivity contribution in [3.63, 3.8) is 0 Å². The first kappa shape index (κ1) is 15.4. The van der Waals surface area contributed by atoms with E-state index in [2.05, 4.69) is 5.32 Å². The first-order valence-electron chi connectivity index (χ1n) is 5.60. The fraction of sp³-hybridized carbons (Fsp3) is 0.545. The Morgan fingerprint density at radius 1 is 1.53 bits per heavy atom. The fourth-order valence-corrected chi connectivity index (χ4v) is 1.45. The summed E-state index contributed by atoms with van der Waals surface area (Å²) in [7, 11) is 0. The minimum absolute atomic E-state index is 0.132. The van der Waals surface area contributed by atoms with Gasteiger partial charge in [0.2, 0.25) is 0 Å². The molecular weight excluding hydrogens is 265 g/mol. The van der Waals surface area contributed by atoms with Gasteiger partial charge in [-0.1, -0.05) is 0 Å². The Bertz CT molecular complexity index is 392. The predicted octanol–water partition coefficient (Wildman–Crippen LogP) is 1.95. The summed E-state index contributed by atoms with van der Waals surface area (Å²) in [5.41, 5.74) is 0. The highest BCUT2D eigenvalue weighted by Crippen LogP contribution is 2.18. The molecule has 1 aromatic heterocycles. The molecule has 2 atom stereocenters. The van der Waals surface area contributed by atoms with Crippen LogP contribution in [0.5, 0.6) is 0 Å². The first-order chi connectivity index (χ1) is 8.78. The van der Waals surface area contributed by atoms with Crippen molar-refractivity contribution in [1.82, 2.24) is 10.6 Å². The first-order valence-corrected chi connectivity index (χ1v) is 5.60. The largest absolute Gasteiger partial charge is 0.467 e. The van der Waals surface area contributed by atoms with E-state index in [-0.39, 0.29) is 6.42 Å². The number of halogens is 3. The second kappa shape index (κ2) is 6.46. The Kier molecular flexibility index (Phi) is 5.22. The summed E-state index contributed by atoms with van der Waals surface area (Å²) in [6.07, 6.45) is -3.85. The zero-order valence-electron chi connectivity index (χ0n) is 10.2. The van der Waals surface area contributed by atoms with Crippen molar-refractivity contribution in [3.05, 3.63) is 24.2 Å². The van der Waals surface area contributed by atoms with Crippen LogP contribution in [0.3, 0.4) is 0 Å². The van der Waals surface area contributed by atoms with Crippen molar-refractivity contribution in [2.45, 2.75) is 31.7 Å². The van der Waals surface area contributed by atoms with Gasteiger partial charge in [-0.3, -0.25) is 0 Å². The van der Waals surface area contributed by atoms with Crippen LogP contribution in [0, 0.1) is 0 Å². The fourth-order valence-electron chi connectivity index (χ4n) is 1.45. The third kappa shape index (κ3) is 6.14. The van der Waals surface area contributed by atoms with Crippen LogP contribution in [-0.2, 0) is 0 Å². The van der Waals surface area contributed by atoms with Crippen molar-refractivity contribution in [2.24, 2.45) is 0 Å². The second-order valence-electron chi connectivity index (χ2n) is 4.11. The molecule has 8 heteroatoms. The van der Waals surface area contributed by atoms with Crippen LogP contribution in [0.25, 0.3) is 0 Å². The van der Waals surface area contributed by atoms with E-state index in [1.54, 1.807) is 24.4 Å². The van der Waals surface area contributed by atoms with E-state index in [0.29, 0.717) is 5.76 Å². The maximum Gasteiger partial charge on any atom is 0.405 e. The van der Waals surface area contributed by atoms with Crippen molar-refractivity contribution >= 4 is 6.03 Å². The Balaban J connectivity index is 2.31. The highest BCUT2D eigenvalue weighted by molar-refractivity contribution is 5.74. The van der Waals surface area contributed by atoms with E-state index in [1.165, 1.54) is 6.26 Å². The summed E-state index contributed by atoms with van der Waals surface area (Å²) in [5.74, 6) is 0.337. The normalized spacial score (nSPS) is 14.8. The zero-order valence-corrected chi connectivity index (χ0v) is 10.2. The van der Waals surface area contributed by atoms with E-state index in [0.717, 1.165) is 0 Å². The van der Waals surface area contributed by atoms with Gasteiger partial charge < -0.3 is 20.2 Å². The standard InChI is InChI=1S/C11H15F3N2O3/c1-7(5-8(17)9-3-2-4-19-9)16-10(18)15-6-11(12,13)14/h2-4,7-8,17H,5-6H2,1H3,(H2,15,16,18). The highest BCUT2D eigenvalue weighted by atomic mass is 19.4. The van der Waals surface area contributed by atoms with Crippen LogP contribution < -0.4 is 10.6 Å². The SMILES string of the molecule is CC(CC(O)c1ccco1)NC(=O)NCC(F)(F)F. The molecule has 5 nitrogen and oxygen atoms in total. The van der Waals surface area contributed by atoms with Gasteiger partial charge in [-0.05, 0) is 19.1 Å². The maximum atomic E-state index is 11.9. The van der Waals surface area contributed by atoms with Gasteiger partial charge in [0, 0.05) is 12.5 Å². The van der Waals surface area contributed by atoms with Gasteiger partial charge in [0.05, 0.1) is 6.26 Å². The smallest absolute Gasteiger partial charge is 0.405 e. The molecule has 0 bridgehead atoms. The molecule has 0 aromatic carbocycles. The Labute approximate surface area is 107 Å². The lowest BCUT2D eigenvalue weighted by atomic mass is 10.1. The Hall–Kier alpha value is -1.70. The molecule has 0 saturated carbocycles. The zero-order chi connectivity index (χ0) is 14.5. The van der Waals surface area contributed by atoms with E-state index in [9.17, 15) is 23.1 Å². The molecule has 2 amide bonds. The minimum Gasteiger partial charge on any atom is -0.467 e. The van der Waals surface area contributed by atoms with E-state index < -0.39 is 30.9 Å². The summed E-state index contributed by atoms with van der Waals surface area (Å²) in [6.45, 7) is 0.172. The number of carbonyl (C=O) groups excluding carboxylic acids is 1. The van der Waals surface area contributed by atoms with Crippen LogP contribution >= 0.6 is 0 Å².